The van der Waals surface area contributed by atoms with Crippen LogP contribution < -0.4 is 4.90 Å². The second-order valence-electron chi connectivity index (χ2n) is 5.93. The van der Waals surface area contributed by atoms with Crippen LogP contribution >= 0.6 is 0 Å². The third-order valence-electron chi connectivity index (χ3n) is 4.13. The van der Waals surface area contributed by atoms with E-state index in [1.54, 1.807) is 4.68 Å². The van der Waals surface area contributed by atoms with E-state index in [0.717, 1.165) is 29.7 Å². The molecule has 0 aliphatic carbocycles. The van der Waals surface area contributed by atoms with Gasteiger partial charge in [0.25, 0.3) is 0 Å². The first-order valence-electron chi connectivity index (χ1n) is 7.43. The minimum absolute atomic E-state index is 0.458. The summed E-state index contributed by atoms with van der Waals surface area (Å²) in [6.45, 7) is 5.48. The summed E-state index contributed by atoms with van der Waals surface area (Å²) in [6, 6.07) is 7.04. The Morgan fingerprint density at radius 2 is 2.14 bits per heavy atom. The summed E-state index contributed by atoms with van der Waals surface area (Å²) in [5, 5.41) is 13.7. The molecule has 2 heterocycles. The van der Waals surface area contributed by atoms with Crippen LogP contribution in [0.4, 0.5) is 5.69 Å². The second kappa shape index (κ2) is 5.25. The quantitative estimate of drug-likeness (QED) is 0.849. The van der Waals surface area contributed by atoms with Gasteiger partial charge in [-0.3, -0.25) is 4.68 Å². The molecule has 4 heteroatoms. The minimum atomic E-state index is 0.458. The first kappa shape index (κ1) is 13.7. The van der Waals surface area contributed by atoms with Crippen molar-refractivity contribution in [3.63, 3.8) is 0 Å². The Bertz CT molecular complexity index is 706. The van der Waals surface area contributed by atoms with E-state index in [-0.39, 0.29) is 0 Å². The zero-order valence-electron chi connectivity index (χ0n) is 12.8. The van der Waals surface area contributed by atoms with Crippen molar-refractivity contribution < 1.29 is 0 Å². The molecule has 0 N–H and O–H groups in total. The monoisotopic (exact) mass is 280 g/mol. The van der Waals surface area contributed by atoms with Gasteiger partial charge in [0.2, 0.25) is 0 Å². The number of aryl methyl sites for hydroxylation is 2. The van der Waals surface area contributed by atoms with Crippen LogP contribution in [0.1, 0.15) is 31.4 Å². The molecule has 0 amide bonds. The molecule has 0 bridgehead atoms. The van der Waals surface area contributed by atoms with E-state index in [0.29, 0.717) is 6.04 Å². The van der Waals surface area contributed by atoms with Crippen LogP contribution in [0.2, 0.25) is 0 Å². The molecule has 1 aliphatic heterocycles. The van der Waals surface area contributed by atoms with E-state index in [9.17, 15) is 5.26 Å². The van der Waals surface area contributed by atoms with Gasteiger partial charge < -0.3 is 4.90 Å². The van der Waals surface area contributed by atoms with E-state index in [1.165, 1.54) is 17.7 Å². The highest BCUT2D eigenvalue weighted by molar-refractivity contribution is 5.75. The van der Waals surface area contributed by atoms with E-state index >= 15 is 0 Å². The summed E-state index contributed by atoms with van der Waals surface area (Å²) < 4.78 is 1.77. The van der Waals surface area contributed by atoms with Crippen molar-refractivity contribution in [2.45, 2.75) is 32.7 Å². The van der Waals surface area contributed by atoms with Crippen LogP contribution in [0, 0.1) is 11.3 Å². The molecule has 0 saturated heterocycles. The molecular weight excluding hydrogens is 260 g/mol. The van der Waals surface area contributed by atoms with Gasteiger partial charge in [-0.2, -0.15) is 10.4 Å². The Hall–Kier alpha value is -2.28. The molecule has 0 spiro atoms. The number of hydrogen-bond acceptors (Lipinski definition) is 3. The van der Waals surface area contributed by atoms with Crippen LogP contribution in [0.3, 0.4) is 0 Å². The molecule has 21 heavy (non-hydrogen) atoms. The Balaban J connectivity index is 2.14. The van der Waals surface area contributed by atoms with Crippen molar-refractivity contribution in [1.82, 2.24) is 9.78 Å². The van der Waals surface area contributed by atoms with Gasteiger partial charge >= 0.3 is 0 Å². The van der Waals surface area contributed by atoms with E-state index < -0.39 is 0 Å². The summed E-state index contributed by atoms with van der Waals surface area (Å²) >= 11 is 0. The zero-order chi connectivity index (χ0) is 15.0. The molecule has 108 valence electrons. The Morgan fingerprint density at radius 1 is 1.33 bits per heavy atom. The average molecular weight is 280 g/mol. The van der Waals surface area contributed by atoms with Crippen molar-refractivity contribution in [2.24, 2.45) is 7.05 Å². The maximum Gasteiger partial charge on any atom is 0.0998 e. The molecule has 1 aliphatic rings. The molecule has 1 aromatic heterocycles. The van der Waals surface area contributed by atoms with Crippen LogP contribution in [-0.2, 0) is 13.5 Å². The van der Waals surface area contributed by atoms with Crippen molar-refractivity contribution in [3.8, 4) is 17.2 Å². The summed E-state index contributed by atoms with van der Waals surface area (Å²) in [7, 11) is 1.90. The van der Waals surface area contributed by atoms with Crippen LogP contribution in [0.25, 0.3) is 11.1 Å². The number of nitrogens with zero attached hydrogens (tertiary/aromatic N) is 4. The highest BCUT2D eigenvalue weighted by Crippen LogP contribution is 2.35. The normalized spacial score (nSPS) is 14.1. The van der Waals surface area contributed by atoms with Crippen molar-refractivity contribution in [1.29, 1.82) is 5.26 Å². The number of fused-ring (bicyclic) bond motifs is 1. The van der Waals surface area contributed by atoms with Crippen LogP contribution in [0.15, 0.2) is 24.5 Å². The lowest BCUT2D eigenvalue weighted by Gasteiger charge is -2.35. The van der Waals surface area contributed by atoms with E-state index in [1.807, 2.05) is 19.4 Å². The van der Waals surface area contributed by atoms with Gasteiger partial charge in [-0.05, 0) is 44.4 Å². The SMILES string of the molecule is CC(C)N1CCCc2cc(-c3cnn(C)c3)c(C#N)cc21. The highest BCUT2D eigenvalue weighted by atomic mass is 15.2. The molecule has 1 aromatic carbocycles. The number of aromatic nitrogens is 2. The zero-order valence-corrected chi connectivity index (χ0v) is 12.8. The number of rotatable bonds is 2. The molecule has 3 rings (SSSR count). The van der Waals surface area contributed by atoms with Gasteiger partial charge in [0.15, 0.2) is 0 Å². The predicted octanol–water partition coefficient (Wildman–Crippen LogP) is 3.12. The fraction of sp³-hybridized carbons (Fsp3) is 0.412. The van der Waals surface area contributed by atoms with Gasteiger partial charge in [-0.25, -0.2) is 0 Å². The summed E-state index contributed by atoms with van der Waals surface area (Å²) in [5.74, 6) is 0. The molecule has 0 atom stereocenters. The molecular formula is C17H20N4. The lowest BCUT2D eigenvalue weighted by atomic mass is 9.93. The minimum Gasteiger partial charge on any atom is -0.369 e. The topological polar surface area (TPSA) is 44.9 Å². The molecule has 0 fully saturated rings. The predicted molar refractivity (Wildman–Crippen MR) is 84.2 cm³/mol. The molecule has 0 saturated carbocycles. The number of benzene rings is 1. The maximum absolute atomic E-state index is 9.52. The Kier molecular flexibility index (Phi) is 3.42. The van der Waals surface area contributed by atoms with E-state index in [2.05, 4.69) is 42.0 Å². The molecule has 0 unspecified atom stereocenters. The standard InChI is InChI=1S/C17H20N4/c1-12(2)21-6-4-5-13-7-16(14(9-18)8-17(13)21)15-10-19-20(3)11-15/h7-8,10-12H,4-6H2,1-3H3. The molecule has 2 aromatic rings. The Morgan fingerprint density at radius 3 is 2.76 bits per heavy atom. The fourth-order valence-corrected chi connectivity index (χ4v) is 3.09. The van der Waals surface area contributed by atoms with Gasteiger partial charge in [-0.1, -0.05) is 0 Å². The van der Waals surface area contributed by atoms with Gasteiger partial charge in [0.1, 0.15) is 0 Å². The maximum atomic E-state index is 9.52. The van der Waals surface area contributed by atoms with Crippen molar-refractivity contribution in [3.05, 3.63) is 35.7 Å². The smallest absolute Gasteiger partial charge is 0.0998 e. The lowest BCUT2D eigenvalue weighted by Crippen LogP contribution is -2.35. The van der Waals surface area contributed by atoms with Crippen molar-refractivity contribution >= 4 is 5.69 Å². The van der Waals surface area contributed by atoms with Crippen LogP contribution in [0.5, 0.6) is 0 Å². The fourth-order valence-electron chi connectivity index (χ4n) is 3.09. The Labute approximate surface area is 125 Å². The summed E-state index contributed by atoms with van der Waals surface area (Å²) in [5.41, 5.74) is 5.30. The average Bonchev–Trinajstić information content (AvgIpc) is 2.91. The highest BCUT2D eigenvalue weighted by Gasteiger charge is 2.21. The van der Waals surface area contributed by atoms with Gasteiger partial charge in [0.05, 0.1) is 17.8 Å². The van der Waals surface area contributed by atoms with E-state index in [4.69, 9.17) is 0 Å². The van der Waals surface area contributed by atoms with Crippen LogP contribution in [-0.4, -0.2) is 22.4 Å². The molecule has 4 nitrogen and oxygen atoms in total. The first-order chi connectivity index (χ1) is 10.1. The third kappa shape index (κ3) is 2.40. The van der Waals surface area contributed by atoms with Crippen molar-refractivity contribution in [2.75, 3.05) is 11.4 Å². The lowest BCUT2D eigenvalue weighted by molar-refractivity contribution is 0.625. The number of nitriles is 1. The summed E-state index contributed by atoms with van der Waals surface area (Å²) in [4.78, 5) is 2.40. The number of hydrogen-bond donors (Lipinski definition) is 0. The number of anilines is 1. The molecule has 0 radical (unpaired) electrons. The largest absolute Gasteiger partial charge is 0.369 e. The van der Waals surface area contributed by atoms with Gasteiger partial charge in [-0.15, -0.1) is 0 Å². The summed E-state index contributed by atoms with van der Waals surface area (Å²) in [6.07, 6.45) is 6.04. The third-order valence-corrected chi connectivity index (χ3v) is 4.13. The van der Waals surface area contributed by atoms with Gasteiger partial charge in [0, 0.05) is 42.6 Å². The second-order valence-corrected chi connectivity index (χ2v) is 5.93. The first-order valence-corrected chi connectivity index (χ1v) is 7.43.